The van der Waals surface area contributed by atoms with Gasteiger partial charge in [0.2, 0.25) is 5.88 Å². The summed E-state index contributed by atoms with van der Waals surface area (Å²) in [7, 11) is 0. The monoisotopic (exact) mass is 412 g/mol. The van der Waals surface area contributed by atoms with Crippen LogP contribution in [0.4, 0.5) is 4.39 Å². The Kier molecular flexibility index (Phi) is 3.78. The third-order valence-electron chi connectivity index (χ3n) is 4.25. The molecule has 1 atom stereocenters. The smallest absolute Gasteiger partial charge is 0.344 e. The number of nitrogens with two attached hydrogens (primary N) is 1. The van der Waals surface area contributed by atoms with Crippen molar-refractivity contribution >= 4 is 26.9 Å². The van der Waals surface area contributed by atoms with Crippen LogP contribution < -0.4 is 16.1 Å². The summed E-state index contributed by atoms with van der Waals surface area (Å²) in [5, 5.41) is 10.1. The van der Waals surface area contributed by atoms with Crippen LogP contribution in [0, 0.1) is 17.1 Å². The molecular formula is C19H10BrFN2O3. The third-order valence-corrected chi connectivity index (χ3v) is 4.93. The largest absolute Gasteiger partial charge is 0.439 e. The molecule has 1 aliphatic heterocycles. The summed E-state index contributed by atoms with van der Waals surface area (Å²) in [6, 6.07) is 12.9. The second-order valence-electron chi connectivity index (χ2n) is 5.72. The molecule has 2 aromatic carbocycles. The van der Waals surface area contributed by atoms with E-state index >= 15 is 0 Å². The first kappa shape index (κ1) is 16.4. The van der Waals surface area contributed by atoms with E-state index in [9.17, 15) is 14.4 Å². The number of ether oxygens (including phenoxy) is 1. The van der Waals surface area contributed by atoms with Crippen molar-refractivity contribution in [1.82, 2.24) is 0 Å². The van der Waals surface area contributed by atoms with E-state index in [-0.39, 0.29) is 22.8 Å². The Balaban J connectivity index is 2.10. The first-order chi connectivity index (χ1) is 12.5. The Bertz CT molecular complexity index is 1190. The van der Waals surface area contributed by atoms with E-state index in [1.54, 1.807) is 24.3 Å². The summed E-state index contributed by atoms with van der Waals surface area (Å²) in [4.78, 5) is 12.7. The fourth-order valence-electron chi connectivity index (χ4n) is 3.11. The number of nitrogens with zero attached hydrogens (tertiary/aromatic N) is 1. The van der Waals surface area contributed by atoms with E-state index in [0.717, 1.165) is 0 Å². The molecule has 0 aliphatic carbocycles. The first-order valence-corrected chi connectivity index (χ1v) is 8.39. The van der Waals surface area contributed by atoms with Crippen molar-refractivity contribution in [2.75, 3.05) is 0 Å². The van der Waals surface area contributed by atoms with Crippen LogP contribution in [0.1, 0.15) is 17.0 Å². The average molecular weight is 413 g/mol. The average Bonchev–Trinajstić information content (AvgIpc) is 2.61. The Morgan fingerprint density at radius 1 is 1.23 bits per heavy atom. The molecule has 3 aromatic rings. The first-order valence-electron chi connectivity index (χ1n) is 7.59. The predicted octanol–water partition coefficient (Wildman–Crippen LogP) is 3.91. The van der Waals surface area contributed by atoms with Crippen molar-refractivity contribution in [3.05, 3.63) is 85.8 Å². The highest BCUT2D eigenvalue weighted by atomic mass is 79.9. The van der Waals surface area contributed by atoms with Crippen LogP contribution in [0.15, 0.2) is 67.6 Å². The van der Waals surface area contributed by atoms with Crippen molar-refractivity contribution in [2.24, 2.45) is 5.73 Å². The highest BCUT2D eigenvalue weighted by molar-refractivity contribution is 9.10. The number of benzene rings is 2. The quantitative estimate of drug-likeness (QED) is 0.611. The minimum atomic E-state index is -0.834. The van der Waals surface area contributed by atoms with Gasteiger partial charge in [0.25, 0.3) is 0 Å². The molecule has 1 aliphatic rings. The number of hydrogen-bond donors (Lipinski definition) is 1. The van der Waals surface area contributed by atoms with E-state index < -0.39 is 17.4 Å². The minimum absolute atomic E-state index is 0.0624. The summed E-state index contributed by atoms with van der Waals surface area (Å²) >= 11 is 3.30. The third kappa shape index (κ3) is 2.38. The van der Waals surface area contributed by atoms with Gasteiger partial charge < -0.3 is 14.9 Å². The van der Waals surface area contributed by atoms with Gasteiger partial charge in [-0.1, -0.05) is 34.1 Å². The van der Waals surface area contributed by atoms with Crippen molar-refractivity contribution in [2.45, 2.75) is 5.92 Å². The van der Waals surface area contributed by atoms with Crippen LogP contribution in [-0.2, 0) is 0 Å². The Morgan fingerprint density at radius 3 is 2.73 bits per heavy atom. The maximum atomic E-state index is 13.5. The highest BCUT2D eigenvalue weighted by Crippen LogP contribution is 2.45. The van der Waals surface area contributed by atoms with Gasteiger partial charge in [0.1, 0.15) is 23.0 Å². The molecular weight excluding hydrogens is 403 g/mol. The van der Waals surface area contributed by atoms with Crippen LogP contribution in [0.3, 0.4) is 0 Å². The number of nitriles is 1. The minimum Gasteiger partial charge on any atom is -0.439 e. The molecule has 2 heterocycles. The number of hydrogen-bond acceptors (Lipinski definition) is 5. The van der Waals surface area contributed by atoms with Crippen molar-refractivity contribution in [3.63, 3.8) is 0 Å². The number of rotatable bonds is 1. The Morgan fingerprint density at radius 2 is 2.00 bits per heavy atom. The van der Waals surface area contributed by atoms with Gasteiger partial charge in [0, 0.05) is 4.47 Å². The molecule has 0 amide bonds. The maximum absolute atomic E-state index is 13.5. The molecule has 5 nitrogen and oxygen atoms in total. The highest BCUT2D eigenvalue weighted by Gasteiger charge is 2.36. The number of fused-ring (bicyclic) bond motifs is 3. The zero-order chi connectivity index (χ0) is 18.4. The van der Waals surface area contributed by atoms with Gasteiger partial charge in [-0.05, 0) is 29.8 Å². The fraction of sp³-hybridized carbons (Fsp3) is 0.0526. The summed E-state index contributed by atoms with van der Waals surface area (Å²) in [5.41, 5.74) is 6.40. The van der Waals surface area contributed by atoms with Gasteiger partial charge in [0.05, 0.1) is 16.9 Å². The number of halogens is 2. The molecule has 0 saturated carbocycles. The molecule has 7 heteroatoms. The van der Waals surface area contributed by atoms with Crippen LogP contribution in [0.25, 0.3) is 11.0 Å². The number of para-hydroxylation sites is 1. The van der Waals surface area contributed by atoms with Crippen molar-refractivity contribution in [1.29, 1.82) is 5.26 Å². The van der Waals surface area contributed by atoms with Gasteiger partial charge in [0.15, 0.2) is 5.75 Å². The van der Waals surface area contributed by atoms with Crippen LogP contribution >= 0.6 is 15.9 Å². The summed E-state index contributed by atoms with van der Waals surface area (Å²) < 4.78 is 25.0. The fourth-order valence-corrected chi connectivity index (χ4v) is 3.69. The molecule has 128 valence electrons. The van der Waals surface area contributed by atoms with Gasteiger partial charge in [-0.15, -0.1) is 0 Å². The zero-order valence-corrected chi connectivity index (χ0v) is 14.7. The molecule has 1 aromatic heterocycles. The lowest BCUT2D eigenvalue weighted by atomic mass is 9.84. The normalized spacial score (nSPS) is 16.1. The lowest BCUT2D eigenvalue weighted by molar-refractivity contribution is 0.388. The predicted molar refractivity (Wildman–Crippen MR) is 95.9 cm³/mol. The van der Waals surface area contributed by atoms with Crippen LogP contribution in [-0.4, -0.2) is 0 Å². The molecule has 0 radical (unpaired) electrons. The Hall–Kier alpha value is -3.11. The summed E-state index contributed by atoms with van der Waals surface area (Å²) in [5.74, 6) is -1.14. The topological polar surface area (TPSA) is 89.3 Å². The second-order valence-corrected chi connectivity index (χ2v) is 6.57. The molecule has 4 rings (SSSR count). The lowest BCUT2D eigenvalue weighted by Crippen LogP contribution is -2.26. The molecule has 2 N–H and O–H groups in total. The van der Waals surface area contributed by atoms with Crippen LogP contribution in [0.2, 0.25) is 0 Å². The van der Waals surface area contributed by atoms with Gasteiger partial charge in [-0.2, -0.15) is 5.26 Å². The lowest BCUT2D eigenvalue weighted by Gasteiger charge is -2.26. The zero-order valence-electron chi connectivity index (χ0n) is 13.1. The molecule has 26 heavy (non-hydrogen) atoms. The van der Waals surface area contributed by atoms with Gasteiger partial charge >= 0.3 is 5.63 Å². The van der Waals surface area contributed by atoms with Crippen molar-refractivity contribution < 1.29 is 13.5 Å². The van der Waals surface area contributed by atoms with E-state index in [1.165, 1.54) is 18.2 Å². The number of allylic oxidation sites excluding steroid dienone is 1. The SMILES string of the molecule is N#CC1=C(N)Oc2c(c(=O)oc3ccccc23)C1c1ccc(F)cc1Br. The molecule has 0 saturated heterocycles. The standard InChI is InChI=1S/C19H10BrFN2O3/c20-13-7-9(21)5-6-10(13)15-12(8-22)18(23)26-17-11-3-1-2-4-14(11)25-19(24)16(15)17/h1-7,15H,23H2. The van der Waals surface area contributed by atoms with E-state index in [1.807, 2.05) is 6.07 Å². The molecule has 0 spiro atoms. The maximum Gasteiger partial charge on any atom is 0.344 e. The van der Waals surface area contributed by atoms with E-state index in [2.05, 4.69) is 15.9 Å². The van der Waals surface area contributed by atoms with Gasteiger partial charge in [-0.25, -0.2) is 9.18 Å². The molecule has 0 bridgehead atoms. The Labute approximate surface area is 155 Å². The summed E-state index contributed by atoms with van der Waals surface area (Å²) in [6.45, 7) is 0. The molecule has 1 unspecified atom stereocenters. The van der Waals surface area contributed by atoms with Gasteiger partial charge in [-0.3, -0.25) is 0 Å². The van der Waals surface area contributed by atoms with Crippen molar-refractivity contribution in [3.8, 4) is 11.8 Å². The second kappa shape index (κ2) is 6.00. The molecule has 0 fully saturated rings. The van der Waals surface area contributed by atoms with Crippen LogP contribution in [0.5, 0.6) is 5.75 Å². The summed E-state index contributed by atoms with van der Waals surface area (Å²) in [6.07, 6.45) is 0. The van der Waals surface area contributed by atoms with E-state index in [4.69, 9.17) is 14.9 Å². The van der Waals surface area contributed by atoms with E-state index in [0.29, 0.717) is 21.0 Å².